The minimum absolute atomic E-state index is 0.276. The van der Waals surface area contributed by atoms with Gasteiger partial charge in [0.1, 0.15) is 0 Å². The predicted molar refractivity (Wildman–Crippen MR) is 76.9 cm³/mol. The lowest BCUT2D eigenvalue weighted by Gasteiger charge is -2.21. The van der Waals surface area contributed by atoms with Crippen molar-refractivity contribution in [3.8, 4) is 0 Å². The summed E-state index contributed by atoms with van der Waals surface area (Å²) in [6, 6.07) is 0. The average Bonchev–Trinajstić information content (AvgIpc) is 2.70. The highest BCUT2D eigenvalue weighted by Gasteiger charge is 2.11. The molecule has 0 saturated heterocycles. The molecule has 1 aromatic rings. The van der Waals surface area contributed by atoms with E-state index in [0.29, 0.717) is 6.42 Å². The van der Waals surface area contributed by atoms with Gasteiger partial charge < -0.3 is 9.47 Å². The van der Waals surface area contributed by atoms with Gasteiger partial charge in [0.25, 0.3) is 0 Å². The summed E-state index contributed by atoms with van der Waals surface area (Å²) in [5, 5.41) is 0. The monoisotopic (exact) mass is 264 g/mol. The van der Waals surface area contributed by atoms with Crippen molar-refractivity contribution in [2.45, 2.75) is 59.9 Å². The first kappa shape index (κ1) is 15.7. The number of rotatable bonds is 8. The van der Waals surface area contributed by atoms with Crippen molar-refractivity contribution in [2.24, 2.45) is 0 Å². The van der Waals surface area contributed by atoms with Gasteiger partial charge in [0.2, 0.25) is 5.91 Å². The van der Waals surface area contributed by atoms with Crippen LogP contribution in [0, 0.1) is 20.2 Å². The number of nitrogens with zero attached hydrogens (tertiary/aromatic N) is 3. The van der Waals surface area contributed by atoms with Crippen molar-refractivity contribution in [1.29, 1.82) is 0 Å². The largest absolute Gasteiger partial charge is 0.343 e. The van der Waals surface area contributed by atoms with Gasteiger partial charge in [-0.15, -0.1) is 0 Å². The quantitative estimate of drug-likeness (QED) is 0.724. The molecule has 0 fully saturated rings. The maximum absolute atomic E-state index is 12.1. The number of hydrogen-bond acceptors (Lipinski definition) is 2. The van der Waals surface area contributed by atoms with Crippen molar-refractivity contribution in [3.05, 3.63) is 17.7 Å². The van der Waals surface area contributed by atoms with Gasteiger partial charge in [-0.25, -0.2) is 4.98 Å². The zero-order valence-electron chi connectivity index (χ0n) is 12.7. The van der Waals surface area contributed by atoms with Gasteiger partial charge in [-0.05, 0) is 33.1 Å². The highest BCUT2D eigenvalue weighted by atomic mass is 16.2. The summed E-state index contributed by atoms with van der Waals surface area (Å²) in [7, 11) is 0. The first-order chi connectivity index (χ1) is 9.10. The summed E-state index contributed by atoms with van der Waals surface area (Å²) in [6.07, 6.45) is 6.50. The Morgan fingerprint density at radius 3 is 2.37 bits per heavy atom. The molecule has 0 saturated carbocycles. The number of amides is 1. The third-order valence-corrected chi connectivity index (χ3v) is 3.38. The van der Waals surface area contributed by atoms with E-state index in [9.17, 15) is 4.79 Å². The molecule has 0 bridgehead atoms. The van der Waals surface area contributed by atoms with Crippen molar-refractivity contribution >= 4 is 5.91 Å². The van der Waals surface area contributed by atoms with Gasteiger partial charge >= 0.3 is 0 Å². The molecular weight excluding hydrogens is 238 g/mol. The van der Waals surface area contributed by atoms with E-state index in [1.54, 1.807) is 0 Å². The highest BCUT2D eigenvalue weighted by molar-refractivity contribution is 5.76. The molecule has 0 aliphatic carbocycles. The second-order valence-electron chi connectivity index (χ2n) is 5.02. The molecule has 0 atom stereocenters. The van der Waals surface area contributed by atoms with Crippen LogP contribution in [0.15, 0.2) is 0 Å². The Hall–Kier alpha value is -1.32. The Balaban J connectivity index is 2.39. The number of carbonyl (C=O) groups is 1. The van der Waals surface area contributed by atoms with Crippen molar-refractivity contribution < 1.29 is 4.79 Å². The molecule has 19 heavy (non-hydrogen) atoms. The number of carbonyl (C=O) groups excluding carboxylic acids is 1. The second kappa shape index (κ2) is 7.97. The summed E-state index contributed by atoms with van der Waals surface area (Å²) >= 11 is 0. The predicted octanol–water partition coefficient (Wildman–Crippen LogP) is 2.73. The smallest absolute Gasteiger partial charge is 0.222 e. The summed E-state index contributed by atoms with van der Waals surface area (Å²) in [6.45, 7) is 10.8. The molecule has 0 unspecified atom stereocenters. The fourth-order valence-electron chi connectivity index (χ4n) is 2.15. The topological polar surface area (TPSA) is 38.1 Å². The third-order valence-electron chi connectivity index (χ3n) is 3.38. The number of imidazole rings is 1. The van der Waals surface area contributed by atoms with Crippen LogP contribution in [0.2, 0.25) is 0 Å². The minimum Gasteiger partial charge on any atom is -0.343 e. The van der Waals surface area contributed by atoms with Crippen molar-refractivity contribution in [3.63, 3.8) is 0 Å². The van der Waals surface area contributed by atoms with E-state index in [1.165, 1.54) is 0 Å². The Kier molecular flexibility index (Phi) is 6.60. The Morgan fingerprint density at radius 2 is 1.89 bits per heavy atom. The summed E-state index contributed by atoms with van der Waals surface area (Å²) in [5.74, 6) is 0.276. The van der Waals surface area contributed by atoms with Gasteiger partial charge in [-0.1, -0.05) is 13.8 Å². The van der Waals surface area contributed by atoms with Crippen molar-refractivity contribution in [1.82, 2.24) is 14.5 Å². The van der Waals surface area contributed by atoms with Crippen LogP contribution >= 0.6 is 0 Å². The fraction of sp³-hybridized carbons (Fsp3) is 0.733. The fourth-order valence-corrected chi connectivity index (χ4v) is 2.15. The highest BCUT2D eigenvalue weighted by Crippen LogP contribution is 2.07. The molecule has 1 amide bonds. The van der Waals surface area contributed by atoms with Crippen LogP contribution in [-0.2, 0) is 11.3 Å². The molecule has 0 aliphatic heterocycles. The number of aryl methyl sites for hydroxylation is 2. The number of hydrogen-bond donors (Lipinski definition) is 0. The van der Waals surface area contributed by atoms with Crippen molar-refractivity contribution in [2.75, 3.05) is 13.1 Å². The molecule has 4 nitrogen and oxygen atoms in total. The lowest BCUT2D eigenvalue weighted by molar-refractivity contribution is -0.131. The molecule has 4 heteroatoms. The molecule has 0 aromatic carbocycles. The molecule has 1 heterocycles. The maximum Gasteiger partial charge on any atom is 0.222 e. The first-order valence-electron chi connectivity index (χ1n) is 7.29. The summed E-state index contributed by atoms with van der Waals surface area (Å²) in [5.41, 5.74) is 2.16. The van der Waals surface area contributed by atoms with E-state index in [4.69, 9.17) is 0 Å². The SMILES string of the molecule is CCCN(CCC)C(=O)CCCn1[c]nc(C)c1C. The van der Waals surface area contributed by atoms with Gasteiger partial charge in [-0.2, -0.15) is 0 Å². The van der Waals surface area contributed by atoms with E-state index >= 15 is 0 Å². The van der Waals surface area contributed by atoms with E-state index in [-0.39, 0.29) is 5.91 Å². The zero-order chi connectivity index (χ0) is 14.3. The molecule has 1 rings (SSSR count). The molecule has 1 radical (unpaired) electrons. The zero-order valence-corrected chi connectivity index (χ0v) is 12.7. The summed E-state index contributed by atoms with van der Waals surface area (Å²) in [4.78, 5) is 18.2. The lowest BCUT2D eigenvalue weighted by atomic mass is 10.2. The Morgan fingerprint density at radius 1 is 1.26 bits per heavy atom. The molecule has 0 spiro atoms. The van der Waals surface area contributed by atoms with E-state index in [1.807, 2.05) is 23.3 Å². The molecule has 1 aromatic heterocycles. The molecule has 0 N–H and O–H groups in total. The van der Waals surface area contributed by atoms with Crippen LogP contribution in [0.25, 0.3) is 0 Å². The van der Waals surface area contributed by atoms with Gasteiger partial charge in [-0.3, -0.25) is 4.79 Å². The lowest BCUT2D eigenvalue weighted by Crippen LogP contribution is -2.32. The Labute approximate surface area is 116 Å². The standard InChI is InChI=1S/C15H26N3O/c1-5-9-17(10-6-2)15(19)8-7-11-18-12-16-13(3)14(18)4/h5-11H2,1-4H3. The van der Waals surface area contributed by atoms with E-state index in [2.05, 4.69) is 25.2 Å². The van der Waals surface area contributed by atoms with Crippen LogP contribution in [0.1, 0.15) is 50.9 Å². The third kappa shape index (κ3) is 4.69. The van der Waals surface area contributed by atoms with Gasteiger partial charge in [0.15, 0.2) is 6.33 Å². The van der Waals surface area contributed by atoms with Crippen LogP contribution in [0.3, 0.4) is 0 Å². The average molecular weight is 264 g/mol. The molecule has 0 aliphatic rings. The summed E-state index contributed by atoms with van der Waals surface area (Å²) < 4.78 is 2.01. The normalized spacial score (nSPS) is 10.7. The van der Waals surface area contributed by atoms with Crippen LogP contribution < -0.4 is 0 Å². The number of aromatic nitrogens is 2. The Bertz CT molecular complexity index is 392. The first-order valence-corrected chi connectivity index (χ1v) is 7.29. The van der Waals surface area contributed by atoms with Gasteiger partial charge in [0.05, 0.1) is 5.69 Å². The van der Waals surface area contributed by atoms with Crippen LogP contribution in [0.4, 0.5) is 0 Å². The maximum atomic E-state index is 12.1. The van der Waals surface area contributed by atoms with Gasteiger partial charge in [0, 0.05) is 31.7 Å². The molecular formula is C15H26N3O. The van der Waals surface area contributed by atoms with Crippen LogP contribution in [-0.4, -0.2) is 33.4 Å². The van der Waals surface area contributed by atoms with Crippen LogP contribution in [0.5, 0.6) is 0 Å². The minimum atomic E-state index is 0.276. The molecule has 107 valence electrons. The van der Waals surface area contributed by atoms with E-state index in [0.717, 1.165) is 50.3 Å². The van der Waals surface area contributed by atoms with E-state index < -0.39 is 0 Å². The second-order valence-corrected chi connectivity index (χ2v) is 5.02.